The van der Waals surface area contributed by atoms with Crippen LogP contribution in [-0.2, 0) is 11.4 Å². The summed E-state index contributed by atoms with van der Waals surface area (Å²) in [6, 6.07) is 10.3. The number of nitrogens with one attached hydrogen (secondary N) is 1. The number of nitrogens with zero attached hydrogens (tertiary/aromatic N) is 1. The van der Waals surface area contributed by atoms with E-state index >= 15 is 0 Å². The zero-order valence-corrected chi connectivity index (χ0v) is 10.8. The highest BCUT2D eigenvalue weighted by atomic mass is 16.6. The summed E-state index contributed by atoms with van der Waals surface area (Å²) in [6.07, 6.45) is 1.06. The van der Waals surface area contributed by atoms with E-state index in [0.29, 0.717) is 0 Å². The second kappa shape index (κ2) is 6.49. The molecule has 0 fully saturated rings. The molecule has 0 saturated heterocycles. The first kappa shape index (κ1) is 14.5. The Hall–Kier alpha value is -2.93. The molecular weight excluding hydrogens is 276 g/mol. The van der Waals surface area contributed by atoms with Gasteiger partial charge in [-0.05, 0) is 11.6 Å². The lowest BCUT2D eigenvalue weighted by atomic mass is 10.2. The number of hydrogen-bond donors (Lipinski definition) is 3. The number of aromatic carboxylic acids is 2. The number of rotatable bonds is 6. The van der Waals surface area contributed by atoms with Crippen LogP contribution in [0.25, 0.3) is 0 Å². The summed E-state index contributed by atoms with van der Waals surface area (Å²) < 4.78 is 0. The number of carbonyl (C=O) groups is 2. The zero-order valence-electron chi connectivity index (χ0n) is 10.8. The van der Waals surface area contributed by atoms with Crippen LogP contribution in [0.4, 0.5) is 5.82 Å². The number of aromatic nitrogens is 1. The molecule has 7 heteroatoms. The largest absolute Gasteiger partial charge is 0.478 e. The maximum absolute atomic E-state index is 11.1. The van der Waals surface area contributed by atoms with Gasteiger partial charge in [0, 0.05) is 6.20 Å². The molecule has 7 nitrogen and oxygen atoms in total. The Labute approximate surface area is 119 Å². The van der Waals surface area contributed by atoms with E-state index in [2.05, 4.69) is 10.5 Å². The van der Waals surface area contributed by atoms with Gasteiger partial charge in [-0.25, -0.2) is 20.1 Å². The van der Waals surface area contributed by atoms with Crippen molar-refractivity contribution in [2.45, 2.75) is 6.61 Å². The molecule has 0 spiro atoms. The molecule has 0 aliphatic heterocycles. The van der Waals surface area contributed by atoms with Crippen molar-refractivity contribution in [2.75, 3.05) is 5.48 Å². The summed E-state index contributed by atoms with van der Waals surface area (Å²) in [5.41, 5.74) is 2.83. The van der Waals surface area contributed by atoms with Crippen LogP contribution in [0.15, 0.2) is 42.6 Å². The first-order valence-electron chi connectivity index (χ1n) is 5.96. The van der Waals surface area contributed by atoms with E-state index in [1.54, 1.807) is 0 Å². The zero-order chi connectivity index (χ0) is 15.2. The molecule has 0 radical (unpaired) electrons. The highest BCUT2D eigenvalue weighted by Crippen LogP contribution is 2.15. The molecular formula is C14H12N2O5. The minimum atomic E-state index is -1.29. The molecule has 0 atom stereocenters. The highest BCUT2D eigenvalue weighted by molar-refractivity contribution is 5.96. The average Bonchev–Trinajstić information content (AvgIpc) is 2.48. The molecule has 1 heterocycles. The molecule has 0 saturated carbocycles. The van der Waals surface area contributed by atoms with Gasteiger partial charge in [0.2, 0.25) is 0 Å². The first-order chi connectivity index (χ1) is 10.1. The van der Waals surface area contributed by atoms with Crippen molar-refractivity contribution in [3.63, 3.8) is 0 Å². The molecule has 2 rings (SSSR count). The molecule has 0 aliphatic carbocycles. The third kappa shape index (κ3) is 3.77. The van der Waals surface area contributed by atoms with Gasteiger partial charge in [0.25, 0.3) is 0 Å². The van der Waals surface area contributed by atoms with Crippen LogP contribution in [0.3, 0.4) is 0 Å². The van der Waals surface area contributed by atoms with Crippen LogP contribution in [0, 0.1) is 0 Å². The monoisotopic (exact) mass is 288 g/mol. The van der Waals surface area contributed by atoms with Gasteiger partial charge in [0.05, 0.1) is 12.2 Å². The Morgan fingerprint density at radius 1 is 1.14 bits per heavy atom. The number of carboxylic acid groups (broad SMARTS) is 2. The smallest absolute Gasteiger partial charge is 0.339 e. The summed E-state index contributed by atoms with van der Waals surface area (Å²) >= 11 is 0. The summed E-state index contributed by atoms with van der Waals surface area (Å²) in [6.45, 7) is 0.211. The van der Waals surface area contributed by atoms with E-state index in [1.807, 2.05) is 30.3 Å². The fraction of sp³-hybridized carbons (Fsp3) is 0.0714. The molecule has 2 aromatic rings. The summed E-state index contributed by atoms with van der Waals surface area (Å²) in [7, 11) is 0. The lowest BCUT2D eigenvalue weighted by Crippen LogP contribution is -2.11. The van der Waals surface area contributed by atoms with Crippen LogP contribution in [0.5, 0.6) is 0 Å². The Kier molecular flexibility index (Phi) is 4.47. The van der Waals surface area contributed by atoms with Gasteiger partial charge in [0.1, 0.15) is 5.56 Å². The van der Waals surface area contributed by atoms with Crippen LogP contribution in [0.1, 0.15) is 26.3 Å². The second-order valence-electron chi connectivity index (χ2n) is 4.11. The van der Waals surface area contributed by atoms with Crippen molar-refractivity contribution in [3.8, 4) is 0 Å². The molecule has 0 unspecified atom stereocenters. The molecule has 0 amide bonds. The van der Waals surface area contributed by atoms with E-state index < -0.39 is 11.9 Å². The Bertz CT molecular complexity index is 658. The highest BCUT2D eigenvalue weighted by Gasteiger charge is 2.15. The van der Waals surface area contributed by atoms with Gasteiger partial charge in [-0.1, -0.05) is 30.3 Å². The fourth-order valence-electron chi connectivity index (χ4n) is 1.59. The Morgan fingerprint density at radius 3 is 2.48 bits per heavy atom. The maximum atomic E-state index is 11.1. The molecule has 1 aromatic carbocycles. The van der Waals surface area contributed by atoms with E-state index in [0.717, 1.165) is 17.8 Å². The SMILES string of the molecule is O=C(O)c1cnc(NOCc2ccccc2)c(C(=O)O)c1. The number of carboxylic acids is 2. The van der Waals surface area contributed by atoms with Crippen molar-refractivity contribution < 1.29 is 24.6 Å². The fourth-order valence-corrected chi connectivity index (χ4v) is 1.59. The summed E-state index contributed by atoms with van der Waals surface area (Å²) in [4.78, 5) is 30.8. The van der Waals surface area contributed by atoms with Crippen LogP contribution in [-0.4, -0.2) is 27.1 Å². The van der Waals surface area contributed by atoms with Crippen molar-refractivity contribution in [2.24, 2.45) is 0 Å². The van der Waals surface area contributed by atoms with E-state index in [4.69, 9.17) is 15.1 Å². The minimum Gasteiger partial charge on any atom is -0.478 e. The van der Waals surface area contributed by atoms with Crippen LogP contribution in [0.2, 0.25) is 0 Å². The minimum absolute atomic E-state index is 0.0524. The lowest BCUT2D eigenvalue weighted by molar-refractivity contribution is 0.0695. The predicted octanol–water partition coefficient (Wildman–Crippen LogP) is 2.02. The van der Waals surface area contributed by atoms with Crippen molar-refractivity contribution >= 4 is 17.8 Å². The van der Waals surface area contributed by atoms with Gasteiger partial charge < -0.3 is 10.2 Å². The molecule has 1 aromatic heterocycles. The van der Waals surface area contributed by atoms with Gasteiger partial charge >= 0.3 is 11.9 Å². The average molecular weight is 288 g/mol. The number of benzene rings is 1. The van der Waals surface area contributed by atoms with E-state index in [9.17, 15) is 9.59 Å². The third-order valence-corrected chi connectivity index (χ3v) is 2.62. The standard InChI is InChI=1S/C14H12N2O5/c17-13(18)10-6-11(14(19)20)12(15-7-10)16-21-8-9-4-2-1-3-5-9/h1-7H,8H2,(H,15,16)(H,17,18)(H,19,20). The van der Waals surface area contributed by atoms with Gasteiger partial charge in [-0.2, -0.15) is 0 Å². The lowest BCUT2D eigenvalue weighted by Gasteiger charge is -2.09. The topological polar surface area (TPSA) is 109 Å². The number of pyridine rings is 1. The molecule has 3 N–H and O–H groups in total. The molecule has 0 bridgehead atoms. The Morgan fingerprint density at radius 2 is 1.86 bits per heavy atom. The predicted molar refractivity (Wildman–Crippen MR) is 73.0 cm³/mol. The summed E-state index contributed by atoms with van der Waals surface area (Å²) in [5, 5.41) is 17.9. The normalized spacial score (nSPS) is 10.1. The Balaban J connectivity index is 2.09. The summed E-state index contributed by atoms with van der Waals surface area (Å²) in [5.74, 6) is -2.60. The van der Waals surface area contributed by atoms with Crippen LogP contribution >= 0.6 is 0 Å². The van der Waals surface area contributed by atoms with E-state index in [1.165, 1.54) is 0 Å². The maximum Gasteiger partial charge on any atom is 0.339 e. The van der Waals surface area contributed by atoms with Crippen molar-refractivity contribution in [1.82, 2.24) is 4.98 Å². The van der Waals surface area contributed by atoms with Crippen LogP contribution < -0.4 is 5.48 Å². The quantitative estimate of drug-likeness (QED) is 0.697. The number of hydrogen-bond acceptors (Lipinski definition) is 5. The third-order valence-electron chi connectivity index (χ3n) is 2.62. The van der Waals surface area contributed by atoms with Crippen molar-refractivity contribution in [1.29, 1.82) is 0 Å². The molecule has 0 aliphatic rings. The molecule has 108 valence electrons. The van der Waals surface area contributed by atoms with Gasteiger partial charge in [0.15, 0.2) is 5.82 Å². The first-order valence-corrected chi connectivity index (χ1v) is 5.96. The van der Waals surface area contributed by atoms with E-state index in [-0.39, 0.29) is 23.6 Å². The van der Waals surface area contributed by atoms with Gasteiger partial charge in [-0.3, -0.25) is 4.84 Å². The second-order valence-corrected chi connectivity index (χ2v) is 4.11. The van der Waals surface area contributed by atoms with Gasteiger partial charge in [-0.15, -0.1) is 0 Å². The molecule has 21 heavy (non-hydrogen) atoms. The van der Waals surface area contributed by atoms with Crippen molar-refractivity contribution in [3.05, 3.63) is 59.3 Å². The number of anilines is 1.